The van der Waals surface area contributed by atoms with Gasteiger partial charge in [-0.3, -0.25) is 15.1 Å². The van der Waals surface area contributed by atoms with Crippen molar-refractivity contribution in [2.45, 2.75) is 58.4 Å². The number of hydrogen-bond donors (Lipinski definition) is 2. The number of nitrogens with one attached hydrogen (secondary N) is 1. The third-order valence-electron chi connectivity index (χ3n) is 5.90. The Hall–Kier alpha value is -2.11. The summed E-state index contributed by atoms with van der Waals surface area (Å²) >= 11 is 0. The van der Waals surface area contributed by atoms with Gasteiger partial charge in [0.1, 0.15) is 5.75 Å². The van der Waals surface area contributed by atoms with Gasteiger partial charge in [0.05, 0.1) is 12.5 Å². The number of unbranched alkanes of at least 4 members (excludes halogenated alkanes) is 4. The Balaban J connectivity index is 1.72. The monoisotopic (exact) mass is 397 g/mol. The molecule has 1 aliphatic rings. The predicted octanol–water partition coefficient (Wildman–Crippen LogP) is 4.39. The van der Waals surface area contributed by atoms with Crippen molar-refractivity contribution in [2.75, 3.05) is 19.7 Å². The number of hydrazine groups is 1. The molecule has 0 radical (unpaired) electrons. The number of fused-ring (bicyclic) bond motifs is 1. The molecule has 1 heterocycles. The number of amides is 1. The molecule has 2 aromatic rings. The van der Waals surface area contributed by atoms with Gasteiger partial charge in [0.2, 0.25) is 5.91 Å². The Kier molecular flexibility index (Phi) is 8.32. The molecule has 1 aliphatic heterocycles. The first kappa shape index (κ1) is 21.6. The third kappa shape index (κ3) is 5.94. The Morgan fingerprint density at radius 2 is 2.00 bits per heavy atom. The van der Waals surface area contributed by atoms with Gasteiger partial charge in [-0.25, -0.2) is 5.84 Å². The van der Waals surface area contributed by atoms with Crippen LogP contribution in [-0.4, -0.2) is 30.5 Å². The maximum atomic E-state index is 12.0. The molecule has 1 saturated heterocycles. The lowest BCUT2D eigenvalue weighted by atomic mass is 9.96. The highest BCUT2D eigenvalue weighted by atomic mass is 16.5. The van der Waals surface area contributed by atoms with Crippen molar-refractivity contribution < 1.29 is 9.53 Å². The minimum absolute atomic E-state index is 0.0355. The van der Waals surface area contributed by atoms with Crippen molar-refractivity contribution in [3.63, 3.8) is 0 Å². The molecule has 3 N–H and O–H groups in total. The van der Waals surface area contributed by atoms with Crippen LogP contribution in [0, 0.1) is 5.92 Å². The van der Waals surface area contributed by atoms with Crippen LogP contribution < -0.4 is 16.0 Å². The molecular weight excluding hydrogens is 362 g/mol. The zero-order valence-electron chi connectivity index (χ0n) is 17.7. The highest BCUT2D eigenvalue weighted by Gasteiger charge is 2.26. The first-order valence-corrected chi connectivity index (χ1v) is 11.1. The van der Waals surface area contributed by atoms with E-state index >= 15 is 0 Å². The van der Waals surface area contributed by atoms with Crippen molar-refractivity contribution in [3.8, 4) is 5.75 Å². The lowest BCUT2D eigenvalue weighted by molar-refractivity contribution is -0.126. The van der Waals surface area contributed by atoms with Crippen LogP contribution in [0.15, 0.2) is 36.4 Å². The van der Waals surface area contributed by atoms with Crippen LogP contribution >= 0.6 is 0 Å². The summed E-state index contributed by atoms with van der Waals surface area (Å²) in [5, 5.41) is 2.47. The number of hydrogen-bond acceptors (Lipinski definition) is 4. The molecule has 0 saturated carbocycles. The highest BCUT2D eigenvalue weighted by Crippen LogP contribution is 2.31. The molecule has 1 atom stereocenters. The predicted molar refractivity (Wildman–Crippen MR) is 119 cm³/mol. The van der Waals surface area contributed by atoms with Gasteiger partial charge in [0, 0.05) is 18.7 Å². The van der Waals surface area contributed by atoms with Crippen molar-refractivity contribution in [1.82, 2.24) is 10.3 Å². The van der Waals surface area contributed by atoms with Crippen LogP contribution in [-0.2, 0) is 11.3 Å². The van der Waals surface area contributed by atoms with E-state index in [0.29, 0.717) is 0 Å². The van der Waals surface area contributed by atoms with Crippen molar-refractivity contribution in [2.24, 2.45) is 11.8 Å². The van der Waals surface area contributed by atoms with E-state index in [1.807, 2.05) is 0 Å². The fourth-order valence-corrected chi connectivity index (χ4v) is 4.26. The molecule has 1 amide bonds. The summed E-state index contributed by atoms with van der Waals surface area (Å²) in [7, 11) is 0. The minimum atomic E-state index is -0.0591. The molecule has 0 bridgehead atoms. The van der Waals surface area contributed by atoms with E-state index in [9.17, 15) is 4.79 Å². The summed E-state index contributed by atoms with van der Waals surface area (Å²) in [6.07, 6.45) is 8.06. The number of nitrogens with two attached hydrogens (primary N) is 1. The lowest BCUT2D eigenvalue weighted by Gasteiger charge is -2.32. The number of carbonyl (C=O) groups excluding carboxylic acids is 1. The Bertz CT molecular complexity index is 793. The Morgan fingerprint density at radius 3 is 2.83 bits per heavy atom. The molecular formula is C24H35N3O2. The third-order valence-corrected chi connectivity index (χ3v) is 5.90. The second-order valence-electron chi connectivity index (χ2n) is 8.11. The van der Waals surface area contributed by atoms with E-state index < -0.39 is 0 Å². The molecule has 5 nitrogen and oxygen atoms in total. The summed E-state index contributed by atoms with van der Waals surface area (Å²) in [4.78, 5) is 14.4. The normalized spacial score (nSPS) is 17.4. The Morgan fingerprint density at radius 1 is 1.17 bits per heavy atom. The van der Waals surface area contributed by atoms with Crippen molar-refractivity contribution >= 4 is 16.7 Å². The molecule has 2 aromatic carbocycles. The topological polar surface area (TPSA) is 67.6 Å². The number of ether oxygens (including phenoxy) is 1. The minimum Gasteiger partial charge on any atom is -0.493 e. The van der Waals surface area contributed by atoms with E-state index in [2.05, 4.69) is 53.6 Å². The van der Waals surface area contributed by atoms with Crippen LogP contribution in [0.5, 0.6) is 5.75 Å². The first-order chi connectivity index (χ1) is 14.2. The van der Waals surface area contributed by atoms with Crippen LogP contribution in [0.1, 0.15) is 57.4 Å². The van der Waals surface area contributed by atoms with Gasteiger partial charge in [-0.1, -0.05) is 62.9 Å². The standard InChI is InChI=1S/C24H35N3O2/c1-2-3-4-5-8-16-29-23-14-13-19-10-6-7-12-21(19)22(23)18-27-15-9-11-20(17-27)24(28)26-25/h6-7,10,12-14,20H,2-5,8-9,11,15-18,25H2,1H3,(H,26,28). The molecule has 0 aromatic heterocycles. The number of likely N-dealkylation sites (tertiary alicyclic amines) is 1. The number of rotatable bonds is 10. The van der Waals surface area contributed by atoms with Gasteiger partial charge in [0.25, 0.3) is 0 Å². The Labute approximate surface area is 174 Å². The second kappa shape index (κ2) is 11.2. The van der Waals surface area contributed by atoms with Crippen LogP contribution in [0.4, 0.5) is 0 Å². The van der Waals surface area contributed by atoms with Crippen LogP contribution in [0.2, 0.25) is 0 Å². The van der Waals surface area contributed by atoms with Crippen molar-refractivity contribution in [3.05, 3.63) is 42.0 Å². The van der Waals surface area contributed by atoms with E-state index in [1.54, 1.807) is 0 Å². The molecule has 29 heavy (non-hydrogen) atoms. The number of benzene rings is 2. The average molecular weight is 398 g/mol. The zero-order chi connectivity index (χ0) is 20.5. The summed E-state index contributed by atoms with van der Waals surface area (Å²) in [5.41, 5.74) is 3.55. The number of piperidine rings is 1. The van der Waals surface area contributed by atoms with E-state index in [1.165, 1.54) is 42.0 Å². The summed E-state index contributed by atoms with van der Waals surface area (Å²) in [5.74, 6) is 6.24. The van der Waals surface area contributed by atoms with E-state index in [0.717, 1.165) is 51.3 Å². The smallest absolute Gasteiger partial charge is 0.238 e. The SMILES string of the molecule is CCCCCCCOc1ccc2ccccc2c1CN1CCCC(C(=O)NN)C1. The summed E-state index contributed by atoms with van der Waals surface area (Å²) in [6.45, 7) is 5.52. The van der Waals surface area contributed by atoms with Gasteiger partial charge in [-0.05, 0) is 42.6 Å². The molecule has 1 fully saturated rings. The van der Waals surface area contributed by atoms with E-state index in [-0.39, 0.29) is 11.8 Å². The molecule has 0 aliphatic carbocycles. The first-order valence-electron chi connectivity index (χ1n) is 11.1. The molecule has 158 valence electrons. The van der Waals surface area contributed by atoms with Gasteiger partial charge in [-0.2, -0.15) is 0 Å². The van der Waals surface area contributed by atoms with Gasteiger partial charge in [-0.15, -0.1) is 0 Å². The summed E-state index contributed by atoms with van der Waals surface area (Å²) in [6, 6.07) is 12.7. The lowest BCUT2D eigenvalue weighted by Crippen LogP contribution is -2.44. The molecule has 5 heteroatoms. The maximum absolute atomic E-state index is 12.0. The van der Waals surface area contributed by atoms with Gasteiger partial charge < -0.3 is 4.74 Å². The molecule has 3 rings (SSSR count). The van der Waals surface area contributed by atoms with Gasteiger partial charge >= 0.3 is 0 Å². The fourth-order valence-electron chi connectivity index (χ4n) is 4.26. The second-order valence-corrected chi connectivity index (χ2v) is 8.11. The van der Waals surface area contributed by atoms with Gasteiger partial charge in [0.15, 0.2) is 0 Å². The maximum Gasteiger partial charge on any atom is 0.238 e. The average Bonchev–Trinajstić information content (AvgIpc) is 2.77. The molecule has 1 unspecified atom stereocenters. The number of nitrogens with zero attached hydrogens (tertiary/aromatic N) is 1. The number of carbonyl (C=O) groups is 1. The van der Waals surface area contributed by atoms with Crippen LogP contribution in [0.25, 0.3) is 10.8 Å². The zero-order valence-corrected chi connectivity index (χ0v) is 17.7. The van der Waals surface area contributed by atoms with Crippen molar-refractivity contribution in [1.29, 1.82) is 0 Å². The highest BCUT2D eigenvalue weighted by molar-refractivity contribution is 5.87. The largest absolute Gasteiger partial charge is 0.493 e. The quantitative estimate of drug-likeness (QED) is 0.270. The van der Waals surface area contributed by atoms with Crippen LogP contribution in [0.3, 0.4) is 0 Å². The summed E-state index contributed by atoms with van der Waals surface area (Å²) < 4.78 is 6.24. The fraction of sp³-hybridized carbons (Fsp3) is 0.542. The molecule has 0 spiro atoms. The van der Waals surface area contributed by atoms with E-state index in [4.69, 9.17) is 10.6 Å².